The summed E-state index contributed by atoms with van der Waals surface area (Å²) in [5.74, 6) is -0.447. The summed E-state index contributed by atoms with van der Waals surface area (Å²) in [6.45, 7) is 3.52. The van der Waals surface area contributed by atoms with E-state index < -0.39 is 10.9 Å². The Balaban J connectivity index is 2.39. The van der Waals surface area contributed by atoms with Crippen molar-refractivity contribution in [1.29, 1.82) is 0 Å². The van der Waals surface area contributed by atoms with Crippen LogP contribution in [0, 0.1) is 17.0 Å². The number of nitro groups is 1. The minimum absolute atomic E-state index is 0.00774. The summed E-state index contributed by atoms with van der Waals surface area (Å²) in [4.78, 5) is 25.9. The van der Waals surface area contributed by atoms with Gasteiger partial charge in [0.05, 0.1) is 17.2 Å². The van der Waals surface area contributed by atoms with E-state index in [0.29, 0.717) is 11.3 Å². The Bertz CT molecular complexity index is 663. The van der Waals surface area contributed by atoms with Crippen LogP contribution in [0.3, 0.4) is 0 Å². The highest BCUT2D eigenvalue weighted by Crippen LogP contribution is 2.25. The van der Waals surface area contributed by atoms with Crippen molar-refractivity contribution in [3.05, 3.63) is 45.8 Å². The number of ether oxygens (including phenoxy) is 1. The predicted molar refractivity (Wildman–Crippen MR) is 69.3 cm³/mol. The highest BCUT2D eigenvalue weighted by atomic mass is 16.6. The molecule has 0 aliphatic heterocycles. The number of benzene rings is 1. The van der Waals surface area contributed by atoms with Crippen LogP contribution < -0.4 is 0 Å². The number of nitrogens with zero attached hydrogens (tertiary/aromatic N) is 2. The molecule has 0 aliphatic carbocycles. The summed E-state index contributed by atoms with van der Waals surface area (Å²) >= 11 is 0. The molecule has 0 N–H and O–H groups in total. The second-order valence-electron chi connectivity index (χ2n) is 3.96. The van der Waals surface area contributed by atoms with E-state index in [2.05, 4.69) is 4.98 Å². The molecule has 2 aromatic rings. The number of hydrogen-bond acceptors (Lipinski definition) is 6. The fourth-order valence-electron chi connectivity index (χ4n) is 1.66. The number of aryl methyl sites for hydroxylation is 1. The number of hydrogen-bond donors (Lipinski definition) is 0. The van der Waals surface area contributed by atoms with Crippen LogP contribution in [0.5, 0.6) is 0 Å². The number of esters is 1. The first-order chi connectivity index (χ1) is 9.52. The molecule has 0 aliphatic rings. The Morgan fingerprint density at radius 3 is 2.90 bits per heavy atom. The van der Waals surface area contributed by atoms with Crippen LogP contribution in [0.4, 0.5) is 5.69 Å². The second kappa shape index (κ2) is 5.52. The molecule has 0 saturated carbocycles. The molecule has 0 fully saturated rings. The van der Waals surface area contributed by atoms with Gasteiger partial charge in [-0.1, -0.05) is 6.07 Å². The molecule has 0 atom stereocenters. The van der Waals surface area contributed by atoms with E-state index in [1.165, 1.54) is 18.2 Å². The Labute approximate surface area is 114 Å². The van der Waals surface area contributed by atoms with Crippen LogP contribution in [0.1, 0.15) is 23.2 Å². The zero-order valence-corrected chi connectivity index (χ0v) is 11.0. The molecule has 0 radical (unpaired) electrons. The largest absolute Gasteiger partial charge is 0.460 e. The Hall–Kier alpha value is -2.70. The molecule has 7 heteroatoms. The van der Waals surface area contributed by atoms with E-state index in [-0.39, 0.29) is 23.9 Å². The van der Waals surface area contributed by atoms with Gasteiger partial charge in [0.2, 0.25) is 11.7 Å². The van der Waals surface area contributed by atoms with Gasteiger partial charge in [-0.05, 0) is 19.9 Å². The standard InChI is InChI=1S/C13H12N2O5/c1-3-19-13(16)11-8(2)14-12(20-11)9-5-4-6-10(7-9)15(17)18/h4-7H,3H2,1-2H3. The SMILES string of the molecule is CCOC(=O)c1oc(-c2cccc([N+](=O)[O-])c2)nc1C. The summed E-state index contributed by atoms with van der Waals surface area (Å²) in [7, 11) is 0. The van der Waals surface area contributed by atoms with Gasteiger partial charge in [0.1, 0.15) is 0 Å². The second-order valence-corrected chi connectivity index (χ2v) is 3.96. The van der Waals surface area contributed by atoms with E-state index in [9.17, 15) is 14.9 Å². The van der Waals surface area contributed by atoms with Crippen LogP contribution in [-0.2, 0) is 4.74 Å². The third kappa shape index (κ3) is 2.66. The number of aromatic nitrogens is 1. The normalized spacial score (nSPS) is 10.3. The molecule has 0 bridgehead atoms. The van der Waals surface area contributed by atoms with Crippen LogP contribution in [0.25, 0.3) is 11.5 Å². The van der Waals surface area contributed by atoms with Crippen LogP contribution >= 0.6 is 0 Å². The van der Waals surface area contributed by atoms with E-state index >= 15 is 0 Å². The van der Waals surface area contributed by atoms with Gasteiger partial charge in [0, 0.05) is 17.7 Å². The first kappa shape index (κ1) is 13.7. The van der Waals surface area contributed by atoms with Gasteiger partial charge in [0.15, 0.2) is 0 Å². The molecule has 0 spiro atoms. The average Bonchev–Trinajstić information content (AvgIpc) is 2.81. The van der Waals surface area contributed by atoms with E-state index in [1.807, 2.05) is 0 Å². The molecular formula is C13H12N2O5. The quantitative estimate of drug-likeness (QED) is 0.484. The third-order valence-electron chi connectivity index (χ3n) is 2.56. The van der Waals surface area contributed by atoms with E-state index in [0.717, 1.165) is 0 Å². The summed E-state index contributed by atoms with van der Waals surface area (Å²) in [5.41, 5.74) is 0.735. The fourth-order valence-corrected chi connectivity index (χ4v) is 1.66. The Morgan fingerprint density at radius 1 is 1.50 bits per heavy atom. The highest BCUT2D eigenvalue weighted by Gasteiger charge is 2.20. The fraction of sp³-hybridized carbons (Fsp3) is 0.231. The molecule has 0 saturated heterocycles. The Kier molecular flexibility index (Phi) is 3.79. The highest BCUT2D eigenvalue weighted by molar-refractivity contribution is 5.87. The monoisotopic (exact) mass is 276 g/mol. The van der Waals surface area contributed by atoms with Gasteiger partial charge in [-0.25, -0.2) is 9.78 Å². The van der Waals surface area contributed by atoms with Crippen molar-refractivity contribution >= 4 is 11.7 Å². The predicted octanol–water partition coefficient (Wildman–Crippen LogP) is 2.73. The molecular weight excluding hydrogens is 264 g/mol. The summed E-state index contributed by atoms with van der Waals surface area (Å²) in [6, 6.07) is 5.84. The maximum absolute atomic E-state index is 11.6. The first-order valence-corrected chi connectivity index (χ1v) is 5.92. The van der Waals surface area contributed by atoms with Gasteiger partial charge in [-0.3, -0.25) is 10.1 Å². The summed E-state index contributed by atoms with van der Waals surface area (Å²) in [5, 5.41) is 10.7. The molecule has 1 aromatic carbocycles. The van der Waals surface area contributed by atoms with Gasteiger partial charge < -0.3 is 9.15 Å². The molecule has 20 heavy (non-hydrogen) atoms. The topological polar surface area (TPSA) is 95.5 Å². The van der Waals surface area contributed by atoms with E-state index in [4.69, 9.17) is 9.15 Å². The maximum Gasteiger partial charge on any atom is 0.376 e. The zero-order chi connectivity index (χ0) is 14.7. The van der Waals surface area contributed by atoms with Crippen molar-refractivity contribution < 1.29 is 18.9 Å². The average molecular weight is 276 g/mol. The molecule has 0 unspecified atom stereocenters. The lowest BCUT2D eigenvalue weighted by atomic mass is 10.2. The van der Waals surface area contributed by atoms with E-state index in [1.54, 1.807) is 19.9 Å². The lowest BCUT2D eigenvalue weighted by Gasteiger charge is -1.98. The first-order valence-electron chi connectivity index (χ1n) is 5.92. The van der Waals surface area contributed by atoms with Gasteiger partial charge in [0.25, 0.3) is 5.69 Å². The molecule has 0 amide bonds. The van der Waals surface area contributed by atoms with Crippen molar-refractivity contribution in [1.82, 2.24) is 4.98 Å². The molecule has 1 aromatic heterocycles. The summed E-state index contributed by atoms with van der Waals surface area (Å²) < 4.78 is 10.2. The molecule has 2 rings (SSSR count). The minimum Gasteiger partial charge on any atom is -0.460 e. The number of rotatable bonds is 4. The molecule has 7 nitrogen and oxygen atoms in total. The van der Waals surface area contributed by atoms with Crippen molar-refractivity contribution in [2.24, 2.45) is 0 Å². The van der Waals surface area contributed by atoms with Gasteiger partial charge in [-0.2, -0.15) is 0 Å². The molecule has 1 heterocycles. The van der Waals surface area contributed by atoms with Crippen molar-refractivity contribution in [2.75, 3.05) is 6.61 Å². The van der Waals surface area contributed by atoms with Crippen molar-refractivity contribution in [3.8, 4) is 11.5 Å². The zero-order valence-electron chi connectivity index (χ0n) is 11.0. The lowest BCUT2D eigenvalue weighted by Crippen LogP contribution is -2.04. The van der Waals surface area contributed by atoms with Gasteiger partial charge in [-0.15, -0.1) is 0 Å². The number of carbonyl (C=O) groups is 1. The van der Waals surface area contributed by atoms with Crippen LogP contribution in [-0.4, -0.2) is 22.5 Å². The molecule has 104 valence electrons. The van der Waals surface area contributed by atoms with Crippen molar-refractivity contribution in [3.63, 3.8) is 0 Å². The number of non-ortho nitro benzene ring substituents is 1. The Morgan fingerprint density at radius 2 is 2.25 bits per heavy atom. The smallest absolute Gasteiger partial charge is 0.376 e. The maximum atomic E-state index is 11.6. The van der Waals surface area contributed by atoms with Gasteiger partial charge >= 0.3 is 5.97 Å². The van der Waals surface area contributed by atoms with Crippen LogP contribution in [0.2, 0.25) is 0 Å². The lowest BCUT2D eigenvalue weighted by molar-refractivity contribution is -0.384. The number of nitro benzene ring substituents is 1. The third-order valence-corrected chi connectivity index (χ3v) is 2.56. The number of oxazole rings is 1. The minimum atomic E-state index is -0.603. The van der Waals surface area contributed by atoms with Crippen LogP contribution in [0.15, 0.2) is 28.7 Å². The number of carbonyl (C=O) groups excluding carboxylic acids is 1. The van der Waals surface area contributed by atoms with Crippen molar-refractivity contribution in [2.45, 2.75) is 13.8 Å². The summed E-state index contributed by atoms with van der Waals surface area (Å²) in [6.07, 6.45) is 0.